The highest BCUT2D eigenvalue weighted by Gasteiger charge is 2.37. The molecule has 0 bridgehead atoms. The summed E-state index contributed by atoms with van der Waals surface area (Å²) in [5.41, 5.74) is 0. The van der Waals surface area contributed by atoms with Gasteiger partial charge in [-0.05, 0) is 61.4 Å². The molecule has 0 aromatic carbocycles. The fourth-order valence-corrected chi connectivity index (χ4v) is 13.8. The van der Waals surface area contributed by atoms with Crippen LogP contribution in [-0.4, -0.2) is 28.6 Å². The smallest absolute Gasteiger partial charge is 0.119 e. The zero-order valence-corrected chi connectivity index (χ0v) is 21.1. The molecule has 0 aromatic rings. The van der Waals surface area contributed by atoms with E-state index >= 15 is 0 Å². The van der Waals surface area contributed by atoms with Crippen LogP contribution in [0.1, 0.15) is 66.2 Å². The fourth-order valence-electron chi connectivity index (χ4n) is 5.60. The van der Waals surface area contributed by atoms with Crippen molar-refractivity contribution < 1.29 is 0 Å². The third-order valence-corrected chi connectivity index (χ3v) is 13.3. The lowest BCUT2D eigenvalue weighted by atomic mass is 9.79. The molecule has 2 rings (SSSR count). The van der Waals surface area contributed by atoms with Crippen molar-refractivity contribution in [3.05, 3.63) is 0 Å². The zero-order chi connectivity index (χ0) is 19.5. The van der Waals surface area contributed by atoms with Crippen LogP contribution in [0.25, 0.3) is 0 Å². The summed E-state index contributed by atoms with van der Waals surface area (Å²) in [4.78, 5) is 8.44. The van der Waals surface area contributed by atoms with Gasteiger partial charge in [0.2, 0.25) is 0 Å². The van der Waals surface area contributed by atoms with E-state index in [0.29, 0.717) is 0 Å². The molecule has 2 aliphatic carbocycles. The molecule has 26 heavy (non-hydrogen) atoms. The third kappa shape index (κ3) is 6.46. The Bertz CT molecular complexity index is 378. The fraction of sp³-hybridized carbons (Fsp3) is 1.00. The second kappa shape index (κ2) is 9.23. The predicted octanol–water partition coefficient (Wildman–Crippen LogP) is 6.23. The summed E-state index contributed by atoms with van der Waals surface area (Å²) in [7, 11) is -2.68. The lowest BCUT2D eigenvalue weighted by molar-refractivity contribution is 0.231. The van der Waals surface area contributed by atoms with Crippen molar-refractivity contribution in [2.75, 3.05) is 0 Å². The van der Waals surface area contributed by atoms with Gasteiger partial charge in [0.25, 0.3) is 0 Å². The van der Waals surface area contributed by atoms with Crippen LogP contribution >= 0.6 is 0 Å². The lowest BCUT2D eigenvalue weighted by Gasteiger charge is -2.43. The molecule has 0 aliphatic heterocycles. The summed E-state index contributed by atoms with van der Waals surface area (Å²) >= 11 is 0. The van der Waals surface area contributed by atoms with E-state index in [-0.39, 0.29) is 0 Å². The average Bonchev–Trinajstić information content (AvgIpc) is 2.53. The van der Waals surface area contributed by atoms with Crippen LogP contribution in [0.2, 0.25) is 38.3 Å². The first kappa shape index (κ1) is 22.6. The van der Waals surface area contributed by atoms with Gasteiger partial charge in [-0.1, -0.05) is 66.7 Å². The summed E-state index contributed by atoms with van der Waals surface area (Å²) in [6.45, 7) is 20.2. The van der Waals surface area contributed by atoms with E-state index < -0.39 is 16.5 Å². The van der Waals surface area contributed by atoms with Gasteiger partial charge in [-0.2, -0.15) is 0 Å². The van der Waals surface area contributed by atoms with Crippen LogP contribution < -0.4 is 9.96 Å². The van der Waals surface area contributed by atoms with Crippen molar-refractivity contribution in [2.45, 2.75) is 117 Å². The predicted molar refractivity (Wildman–Crippen MR) is 123 cm³/mol. The van der Waals surface area contributed by atoms with Gasteiger partial charge in [0.15, 0.2) is 0 Å². The Morgan fingerprint density at radius 2 is 0.846 bits per heavy atom. The molecule has 2 N–H and O–H groups in total. The lowest BCUT2D eigenvalue weighted by Crippen LogP contribution is -2.59. The molecule has 0 heterocycles. The van der Waals surface area contributed by atoms with Crippen molar-refractivity contribution in [3.63, 3.8) is 0 Å². The highest BCUT2D eigenvalue weighted by molar-refractivity contribution is 6.80. The molecule has 4 atom stereocenters. The minimum absolute atomic E-state index is 0.765. The Hall–Kier alpha value is 0.354. The summed E-state index contributed by atoms with van der Waals surface area (Å²) < 4.78 is 0. The maximum atomic E-state index is 4.22. The molecule has 154 valence electrons. The first-order valence-electron chi connectivity index (χ1n) is 11.6. The number of nitrogens with one attached hydrogen (secondary N) is 2. The van der Waals surface area contributed by atoms with E-state index in [0.717, 1.165) is 35.8 Å². The van der Waals surface area contributed by atoms with E-state index in [1.807, 2.05) is 0 Å². The summed E-state index contributed by atoms with van der Waals surface area (Å²) in [6.07, 6.45) is 8.56. The van der Waals surface area contributed by atoms with Gasteiger partial charge in [0.05, 0.1) is 0 Å². The monoisotopic (exact) mass is 396 g/mol. The first-order valence-corrected chi connectivity index (χ1v) is 18.0. The molecular formula is C22H48N2Si2. The van der Waals surface area contributed by atoms with Crippen LogP contribution in [0.3, 0.4) is 0 Å². The van der Waals surface area contributed by atoms with Gasteiger partial charge in [0, 0.05) is 12.1 Å². The standard InChI is InChI=1S/C22H48N2Si2/c1-17-11-9-12-18(2)21(17)23-25(5,6)15-16-26(7,8)24-22-19(3)13-10-14-20(22)4/h17-24H,9-16H2,1-8H3. The van der Waals surface area contributed by atoms with Gasteiger partial charge in [-0.25, -0.2) is 0 Å². The van der Waals surface area contributed by atoms with Crippen molar-refractivity contribution >= 4 is 16.5 Å². The van der Waals surface area contributed by atoms with Crippen LogP contribution in [-0.2, 0) is 0 Å². The van der Waals surface area contributed by atoms with E-state index in [1.54, 1.807) is 0 Å². The van der Waals surface area contributed by atoms with E-state index in [1.165, 1.54) is 50.6 Å². The van der Waals surface area contributed by atoms with Crippen LogP contribution in [0, 0.1) is 23.7 Å². The number of rotatable bonds is 7. The van der Waals surface area contributed by atoms with Crippen molar-refractivity contribution in [1.29, 1.82) is 0 Å². The van der Waals surface area contributed by atoms with Crippen LogP contribution in [0.4, 0.5) is 0 Å². The molecule has 0 spiro atoms. The van der Waals surface area contributed by atoms with E-state index in [2.05, 4.69) is 63.8 Å². The molecule has 0 amide bonds. The van der Waals surface area contributed by atoms with Crippen LogP contribution in [0.15, 0.2) is 0 Å². The maximum absolute atomic E-state index is 4.22. The average molecular weight is 397 g/mol. The SMILES string of the molecule is CC1CCCC(C)C1N[Si](C)(C)CC[Si](C)(C)NC1C(C)CCCC1C. The number of hydrogen-bond donors (Lipinski definition) is 2. The molecule has 2 fully saturated rings. The normalized spacial score (nSPS) is 36.9. The topological polar surface area (TPSA) is 24.1 Å². The second-order valence-electron chi connectivity index (χ2n) is 11.4. The maximum Gasteiger partial charge on any atom is 0.119 e. The second-order valence-corrected chi connectivity index (χ2v) is 20.5. The van der Waals surface area contributed by atoms with Gasteiger partial charge >= 0.3 is 0 Å². The van der Waals surface area contributed by atoms with E-state index in [4.69, 9.17) is 0 Å². The zero-order valence-electron chi connectivity index (χ0n) is 19.1. The minimum atomic E-state index is -1.34. The molecular weight excluding hydrogens is 348 g/mol. The Labute approximate surface area is 166 Å². The first-order chi connectivity index (χ1) is 12.0. The molecule has 4 unspecified atom stereocenters. The molecule has 0 radical (unpaired) electrons. The Morgan fingerprint density at radius 3 is 1.12 bits per heavy atom. The van der Waals surface area contributed by atoms with Gasteiger partial charge in [-0.3, -0.25) is 0 Å². The molecule has 2 aliphatic rings. The van der Waals surface area contributed by atoms with Crippen LogP contribution in [0.5, 0.6) is 0 Å². The summed E-state index contributed by atoms with van der Waals surface area (Å²) in [5.74, 6) is 3.44. The highest BCUT2D eigenvalue weighted by atomic mass is 28.3. The highest BCUT2D eigenvalue weighted by Crippen LogP contribution is 2.32. The molecule has 2 saturated carbocycles. The van der Waals surface area contributed by atoms with Gasteiger partial charge in [0.1, 0.15) is 16.5 Å². The largest absolute Gasteiger partial charge is 0.334 e. The Morgan fingerprint density at radius 1 is 0.577 bits per heavy atom. The number of hydrogen-bond acceptors (Lipinski definition) is 2. The minimum Gasteiger partial charge on any atom is -0.334 e. The Kier molecular flexibility index (Phi) is 8.04. The van der Waals surface area contributed by atoms with Gasteiger partial charge < -0.3 is 9.96 Å². The summed E-state index contributed by atoms with van der Waals surface area (Å²) in [6, 6.07) is 4.40. The van der Waals surface area contributed by atoms with Gasteiger partial charge in [-0.15, -0.1) is 0 Å². The molecule has 0 aromatic heterocycles. The Balaban J connectivity index is 1.88. The van der Waals surface area contributed by atoms with Crippen molar-refractivity contribution in [1.82, 2.24) is 9.96 Å². The molecule has 4 heteroatoms. The van der Waals surface area contributed by atoms with Crippen molar-refractivity contribution in [3.8, 4) is 0 Å². The molecule has 2 nitrogen and oxygen atoms in total. The van der Waals surface area contributed by atoms with Crippen molar-refractivity contribution in [2.24, 2.45) is 23.7 Å². The summed E-state index contributed by atoms with van der Waals surface area (Å²) in [5, 5.41) is 0. The third-order valence-electron chi connectivity index (χ3n) is 7.58. The quantitative estimate of drug-likeness (QED) is 0.499. The van der Waals surface area contributed by atoms with E-state index in [9.17, 15) is 0 Å². The molecule has 0 saturated heterocycles.